The average molecular weight is 383 g/mol. The molecule has 0 spiro atoms. The highest BCUT2D eigenvalue weighted by molar-refractivity contribution is 6.30. The van der Waals surface area contributed by atoms with Gasteiger partial charge in [0.2, 0.25) is 0 Å². The van der Waals surface area contributed by atoms with E-state index < -0.39 is 0 Å². The highest BCUT2D eigenvalue weighted by Gasteiger charge is 2.30. The number of carbonyl (C=O) groups excluding carboxylic acids is 1. The molecule has 1 amide bonds. The lowest BCUT2D eigenvalue weighted by molar-refractivity contribution is 0.0746. The van der Waals surface area contributed by atoms with Gasteiger partial charge in [0, 0.05) is 42.7 Å². The quantitative estimate of drug-likeness (QED) is 0.696. The molecule has 0 N–H and O–H groups in total. The molecule has 138 valence electrons. The molecule has 5 rings (SSSR count). The Kier molecular flexibility index (Phi) is 3.97. The summed E-state index contributed by atoms with van der Waals surface area (Å²) in [7, 11) is 0. The van der Waals surface area contributed by atoms with Crippen LogP contribution < -0.4 is 4.90 Å². The smallest absolute Gasteiger partial charge is 0.253 e. The minimum atomic E-state index is 0.0459. The van der Waals surface area contributed by atoms with E-state index in [0.29, 0.717) is 29.6 Å². The largest absolute Gasteiger partial charge is 0.352 e. The van der Waals surface area contributed by atoms with Crippen molar-refractivity contribution in [3.05, 3.63) is 52.8 Å². The Morgan fingerprint density at radius 2 is 1.70 bits per heavy atom. The first-order valence-electron chi connectivity index (χ1n) is 9.21. The zero-order valence-corrected chi connectivity index (χ0v) is 15.5. The maximum atomic E-state index is 12.6. The van der Waals surface area contributed by atoms with Gasteiger partial charge in [0.1, 0.15) is 5.82 Å². The highest BCUT2D eigenvalue weighted by atomic mass is 35.5. The molecule has 1 aliphatic heterocycles. The van der Waals surface area contributed by atoms with Gasteiger partial charge in [-0.15, -0.1) is 15.3 Å². The molecule has 0 radical (unpaired) electrons. The summed E-state index contributed by atoms with van der Waals surface area (Å²) in [6.07, 6.45) is 2.33. The molecule has 27 heavy (non-hydrogen) atoms. The summed E-state index contributed by atoms with van der Waals surface area (Å²) in [5.41, 5.74) is 1.46. The van der Waals surface area contributed by atoms with Gasteiger partial charge in [-0.1, -0.05) is 11.6 Å². The van der Waals surface area contributed by atoms with Crippen molar-refractivity contribution in [3.63, 3.8) is 0 Å². The second kappa shape index (κ2) is 6.49. The lowest BCUT2D eigenvalue weighted by Crippen LogP contribution is -2.49. The van der Waals surface area contributed by atoms with E-state index in [1.54, 1.807) is 24.3 Å². The summed E-state index contributed by atoms with van der Waals surface area (Å²) < 4.78 is 1.87. The number of anilines is 1. The summed E-state index contributed by atoms with van der Waals surface area (Å²) in [4.78, 5) is 16.7. The van der Waals surface area contributed by atoms with E-state index in [-0.39, 0.29) is 5.91 Å². The minimum absolute atomic E-state index is 0.0459. The Morgan fingerprint density at radius 3 is 2.41 bits per heavy atom. The van der Waals surface area contributed by atoms with Crippen LogP contribution in [0.2, 0.25) is 5.02 Å². The van der Waals surface area contributed by atoms with E-state index in [9.17, 15) is 4.79 Å². The number of rotatable bonds is 3. The lowest BCUT2D eigenvalue weighted by Gasteiger charge is -2.35. The number of aromatic nitrogens is 4. The van der Waals surface area contributed by atoms with Crippen LogP contribution in [0.3, 0.4) is 0 Å². The van der Waals surface area contributed by atoms with Crippen molar-refractivity contribution in [3.8, 4) is 0 Å². The summed E-state index contributed by atoms with van der Waals surface area (Å²) in [5, 5.41) is 13.9. The molecule has 2 aliphatic rings. The van der Waals surface area contributed by atoms with E-state index in [1.807, 2.05) is 21.5 Å². The SMILES string of the molecule is O=C(c1ccc(Cl)cc1)N1CCN(c2ccc3nnc(C4CC4)n3n2)CC1. The Morgan fingerprint density at radius 1 is 0.963 bits per heavy atom. The van der Waals surface area contributed by atoms with Gasteiger partial charge >= 0.3 is 0 Å². The molecule has 1 aliphatic carbocycles. The Bertz CT molecular complexity index is 989. The van der Waals surface area contributed by atoms with E-state index in [1.165, 1.54) is 0 Å². The third-order valence-corrected chi connectivity index (χ3v) is 5.45. The third-order valence-electron chi connectivity index (χ3n) is 5.20. The Hall–Kier alpha value is -2.67. The third kappa shape index (κ3) is 3.12. The number of piperazine rings is 1. The zero-order valence-electron chi connectivity index (χ0n) is 14.8. The minimum Gasteiger partial charge on any atom is -0.352 e. The Labute approximate surface area is 161 Å². The first-order chi connectivity index (χ1) is 13.2. The predicted octanol–water partition coefficient (Wildman–Crippen LogP) is 2.62. The van der Waals surface area contributed by atoms with Crippen molar-refractivity contribution in [2.45, 2.75) is 18.8 Å². The normalized spacial score (nSPS) is 17.5. The number of carbonyl (C=O) groups is 1. The van der Waals surface area contributed by atoms with Crippen molar-refractivity contribution in [1.29, 1.82) is 0 Å². The summed E-state index contributed by atoms with van der Waals surface area (Å²) >= 11 is 5.91. The van der Waals surface area contributed by atoms with Crippen molar-refractivity contribution < 1.29 is 4.79 Å². The van der Waals surface area contributed by atoms with Gasteiger partial charge in [0.05, 0.1) is 0 Å². The van der Waals surface area contributed by atoms with E-state index in [2.05, 4.69) is 15.1 Å². The van der Waals surface area contributed by atoms with Gasteiger partial charge < -0.3 is 9.80 Å². The van der Waals surface area contributed by atoms with Crippen molar-refractivity contribution in [1.82, 2.24) is 24.7 Å². The van der Waals surface area contributed by atoms with Gasteiger partial charge in [-0.2, -0.15) is 4.52 Å². The molecule has 1 saturated carbocycles. The molecule has 7 nitrogen and oxygen atoms in total. The molecular weight excluding hydrogens is 364 g/mol. The molecule has 0 atom stereocenters. The maximum absolute atomic E-state index is 12.6. The number of amides is 1. The number of hydrogen-bond donors (Lipinski definition) is 0. The van der Waals surface area contributed by atoms with Gasteiger partial charge in [0.25, 0.3) is 5.91 Å². The number of nitrogens with zero attached hydrogens (tertiary/aromatic N) is 6. The van der Waals surface area contributed by atoms with E-state index >= 15 is 0 Å². The fraction of sp³-hybridized carbons (Fsp3) is 0.368. The fourth-order valence-corrected chi connectivity index (χ4v) is 3.60. The molecule has 3 heterocycles. The predicted molar refractivity (Wildman–Crippen MR) is 102 cm³/mol. The number of halogens is 1. The van der Waals surface area contributed by atoms with Crippen LogP contribution in [0.25, 0.3) is 5.65 Å². The topological polar surface area (TPSA) is 66.6 Å². The molecule has 1 saturated heterocycles. The van der Waals surface area contributed by atoms with Crippen LogP contribution in [-0.4, -0.2) is 56.8 Å². The average Bonchev–Trinajstić information content (AvgIpc) is 3.47. The standard InChI is InChI=1S/C19H19ClN6O/c20-15-5-3-14(4-6-15)19(27)25-11-9-24(10-12-25)17-8-7-16-21-22-18(13-1-2-13)26(16)23-17/h3-8,13H,1-2,9-12H2. The van der Waals surface area contributed by atoms with E-state index in [4.69, 9.17) is 16.7 Å². The summed E-state index contributed by atoms with van der Waals surface area (Å²) in [5.74, 6) is 2.41. The molecule has 2 fully saturated rings. The monoisotopic (exact) mass is 382 g/mol. The van der Waals surface area contributed by atoms with Crippen LogP contribution in [0.5, 0.6) is 0 Å². The van der Waals surface area contributed by atoms with Crippen LogP contribution in [-0.2, 0) is 0 Å². The van der Waals surface area contributed by atoms with Crippen molar-refractivity contribution in [2.75, 3.05) is 31.1 Å². The van der Waals surface area contributed by atoms with Crippen LogP contribution in [0.15, 0.2) is 36.4 Å². The molecular formula is C19H19ClN6O. The molecule has 2 aromatic heterocycles. The maximum Gasteiger partial charge on any atom is 0.253 e. The zero-order chi connectivity index (χ0) is 18.4. The molecule has 8 heteroatoms. The second-order valence-electron chi connectivity index (χ2n) is 7.08. The molecule has 0 bridgehead atoms. The Balaban J connectivity index is 1.30. The van der Waals surface area contributed by atoms with Crippen LogP contribution in [0, 0.1) is 0 Å². The van der Waals surface area contributed by atoms with Crippen molar-refractivity contribution >= 4 is 29.0 Å². The fourth-order valence-electron chi connectivity index (χ4n) is 3.47. The number of fused-ring (bicyclic) bond motifs is 1. The first-order valence-corrected chi connectivity index (χ1v) is 9.59. The highest BCUT2D eigenvalue weighted by Crippen LogP contribution is 2.38. The lowest BCUT2D eigenvalue weighted by atomic mass is 10.2. The van der Waals surface area contributed by atoms with Gasteiger partial charge in [-0.3, -0.25) is 4.79 Å². The van der Waals surface area contributed by atoms with Gasteiger partial charge in [-0.25, -0.2) is 0 Å². The summed E-state index contributed by atoms with van der Waals surface area (Å²) in [6, 6.07) is 11.0. The number of hydrogen-bond acceptors (Lipinski definition) is 5. The van der Waals surface area contributed by atoms with Gasteiger partial charge in [-0.05, 0) is 49.2 Å². The van der Waals surface area contributed by atoms with Crippen LogP contribution >= 0.6 is 11.6 Å². The van der Waals surface area contributed by atoms with Crippen LogP contribution in [0.1, 0.15) is 34.9 Å². The molecule has 3 aromatic rings. The van der Waals surface area contributed by atoms with Crippen LogP contribution in [0.4, 0.5) is 5.82 Å². The second-order valence-corrected chi connectivity index (χ2v) is 7.52. The first kappa shape index (κ1) is 16.5. The number of benzene rings is 1. The van der Waals surface area contributed by atoms with Gasteiger partial charge in [0.15, 0.2) is 11.5 Å². The summed E-state index contributed by atoms with van der Waals surface area (Å²) in [6.45, 7) is 2.83. The molecule has 1 aromatic carbocycles. The van der Waals surface area contributed by atoms with Crippen molar-refractivity contribution in [2.24, 2.45) is 0 Å². The van der Waals surface area contributed by atoms with E-state index in [0.717, 1.165) is 43.2 Å². The molecule has 0 unspecified atom stereocenters.